The van der Waals surface area contributed by atoms with Gasteiger partial charge in [0.15, 0.2) is 5.70 Å². The molecule has 3 aromatic rings. The highest BCUT2D eigenvalue weighted by Crippen LogP contribution is 2.23. The van der Waals surface area contributed by atoms with Crippen LogP contribution in [0, 0.1) is 0 Å². The summed E-state index contributed by atoms with van der Waals surface area (Å²) in [6, 6.07) is 21.3. The van der Waals surface area contributed by atoms with Crippen LogP contribution in [0.15, 0.2) is 90.1 Å². The normalized spacial score (nSPS) is 14.9. The molecular formula is C23H17NO3. The molecule has 1 aliphatic rings. The van der Waals surface area contributed by atoms with Crippen molar-refractivity contribution in [2.45, 2.75) is 0 Å². The lowest BCUT2D eigenvalue weighted by molar-refractivity contribution is -0.129. The number of aliphatic imine (C=N–C) groups is 1. The van der Waals surface area contributed by atoms with E-state index in [1.165, 1.54) is 0 Å². The molecule has 0 amide bonds. The van der Waals surface area contributed by atoms with Gasteiger partial charge in [-0.25, -0.2) is 9.79 Å². The molecule has 0 unspecified atom stereocenters. The van der Waals surface area contributed by atoms with Crippen molar-refractivity contribution in [2.75, 3.05) is 6.61 Å². The van der Waals surface area contributed by atoms with Crippen molar-refractivity contribution in [1.29, 1.82) is 0 Å². The Hall–Kier alpha value is -3.66. The first kappa shape index (κ1) is 16.8. The van der Waals surface area contributed by atoms with Gasteiger partial charge in [0.1, 0.15) is 12.4 Å². The SMILES string of the molecule is C=CCOc1ccc(/C=C2/N=C(c3ccc4ccccc4c3)OC2=O)cc1. The molecule has 132 valence electrons. The molecule has 0 fully saturated rings. The van der Waals surface area contributed by atoms with Gasteiger partial charge in [-0.15, -0.1) is 0 Å². The second kappa shape index (κ2) is 7.30. The van der Waals surface area contributed by atoms with E-state index < -0.39 is 5.97 Å². The summed E-state index contributed by atoms with van der Waals surface area (Å²) in [5.74, 6) is 0.611. The molecule has 0 aliphatic carbocycles. The fourth-order valence-electron chi connectivity index (χ4n) is 2.83. The summed E-state index contributed by atoms with van der Waals surface area (Å²) in [4.78, 5) is 16.6. The Morgan fingerprint density at radius 1 is 1.00 bits per heavy atom. The Morgan fingerprint density at radius 3 is 2.56 bits per heavy atom. The van der Waals surface area contributed by atoms with Crippen molar-refractivity contribution in [1.82, 2.24) is 0 Å². The van der Waals surface area contributed by atoms with Gasteiger partial charge in [-0.2, -0.15) is 0 Å². The maximum atomic E-state index is 12.2. The number of rotatable bonds is 5. The van der Waals surface area contributed by atoms with Crippen LogP contribution in [0.5, 0.6) is 5.75 Å². The van der Waals surface area contributed by atoms with E-state index in [0.29, 0.717) is 12.5 Å². The number of hydrogen-bond donors (Lipinski definition) is 0. The van der Waals surface area contributed by atoms with E-state index in [4.69, 9.17) is 9.47 Å². The van der Waals surface area contributed by atoms with Gasteiger partial charge in [0, 0.05) is 5.56 Å². The minimum Gasteiger partial charge on any atom is -0.490 e. The molecule has 1 aliphatic heterocycles. The monoisotopic (exact) mass is 355 g/mol. The van der Waals surface area contributed by atoms with Gasteiger partial charge in [0.05, 0.1) is 0 Å². The van der Waals surface area contributed by atoms with Crippen LogP contribution >= 0.6 is 0 Å². The number of hydrogen-bond acceptors (Lipinski definition) is 4. The zero-order valence-electron chi connectivity index (χ0n) is 14.6. The summed E-state index contributed by atoms with van der Waals surface area (Å²) in [7, 11) is 0. The summed E-state index contributed by atoms with van der Waals surface area (Å²) in [5.41, 5.74) is 1.90. The molecule has 4 rings (SSSR count). The first-order chi connectivity index (χ1) is 13.2. The standard InChI is InChI=1S/C23H17NO3/c1-2-13-26-20-11-7-16(8-12-20)14-21-23(25)27-22(24-21)19-10-9-17-5-3-4-6-18(17)15-19/h2-12,14-15H,1,13H2/b21-14+. The van der Waals surface area contributed by atoms with Crippen LogP contribution in [0.2, 0.25) is 0 Å². The molecule has 0 saturated carbocycles. The Labute approximate surface area is 157 Å². The molecular weight excluding hydrogens is 338 g/mol. The number of benzene rings is 3. The number of cyclic esters (lactones) is 1. The zero-order valence-corrected chi connectivity index (χ0v) is 14.6. The molecule has 4 heteroatoms. The predicted octanol–water partition coefficient (Wildman–Crippen LogP) is 4.75. The minimum absolute atomic E-state index is 0.276. The van der Waals surface area contributed by atoms with Crippen molar-refractivity contribution in [3.05, 3.63) is 96.2 Å². The summed E-state index contributed by atoms with van der Waals surface area (Å²) in [5, 5.41) is 2.20. The Balaban J connectivity index is 1.59. The van der Waals surface area contributed by atoms with Crippen LogP contribution < -0.4 is 4.74 Å². The third-order valence-corrected chi connectivity index (χ3v) is 4.17. The fourth-order valence-corrected chi connectivity index (χ4v) is 2.83. The predicted molar refractivity (Wildman–Crippen MR) is 107 cm³/mol. The molecule has 0 aromatic heterocycles. The highest BCUT2D eigenvalue weighted by Gasteiger charge is 2.24. The van der Waals surface area contributed by atoms with Crippen molar-refractivity contribution < 1.29 is 14.3 Å². The average Bonchev–Trinajstić information content (AvgIpc) is 3.07. The summed E-state index contributed by atoms with van der Waals surface area (Å²) in [6.07, 6.45) is 3.39. The van der Waals surface area contributed by atoms with Gasteiger partial charge < -0.3 is 9.47 Å². The number of nitrogens with zero attached hydrogens (tertiary/aromatic N) is 1. The lowest BCUT2D eigenvalue weighted by Gasteiger charge is -2.02. The molecule has 4 nitrogen and oxygen atoms in total. The number of carbonyl (C=O) groups is 1. The molecule has 0 radical (unpaired) electrons. The molecule has 0 N–H and O–H groups in total. The van der Waals surface area contributed by atoms with E-state index in [9.17, 15) is 4.79 Å². The Bertz CT molecular complexity index is 1080. The minimum atomic E-state index is -0.454. The van der Waals surface area contributed by atoms with E-state index in [1.807, 2.05) is 66.7 Å². The van der Waals surface area contributed by atoms with Crippen LogP contribution in [-0.4, -0.2) is 18.5 Å². The average molecular weight is 355 g/mol. The van der Waals surface area contributed by atoms with Crippen LogP contribution in [0.1, 0.15) is 11.1 Å². The second-order valence-corrected chi connectivity index (χ2v) is 6.07. The van der Waals surface area contributed by atoms with Crippen LogP contribution in [-0.2, 0) is 9.53 Å². The molecule has 3 aromatic carbocycles. The maximum absolute atomic E-state index is 12.2. The maximum Gasteiger partial charge on any atom is 0.363 e. The quantitative estimate of drug-likeness (QED) is 0.377. The number of ether oxygens (including phenoxy) is 2. The van der Waals surface area contributed by atoms with Crippen LogP contribution in [0.4, 0.5) is 0 Å². The van der Waals surface area contributed by atoms with Gasteiger partial charge in [-0.1, -0.05) is 55.1 Å². The molecule has 27 heavy (non-hydrogen) atoms. The smallest absolute Gasteiger partial charge is 0.363 e. The lowest BCUT2D eigenvalue weighted by atomic mass is 10.1. The molecule has 0 atom stereocenters. The number of carbonyl (C=O) groups excluding carboxylic acids is 1. The molecule has 0 spiro atoms. The summed E-state index contributed by atoms with van der Waals surface area (Å²) in [6.45, 7) is 4.07. The first-order valence-electron chi connectivity index (χ1n) is 8.58. The van der Waals surface area contributed by atoms with Crippen molar-refractivity contribution in [2.24, 2.45) is 4.99 Å². The van der Waals surface area contributed by atoms with E-state index in [0.717, 1.165) is 27.6 Å². The fraction of sp³-hybridized carbons (Fsp3) is 0.0435. The van der Waals surface area contributed by atoms with Gasteiger partial charge in [-0.3, -0.25) is 0 Å². The van der Waals surface area contributed by atoms with Gasteiger partial charge in [-0.05, 0) is 46.7 Å². The van der Waals surface area contributed by atoms with Gasteiger partial charge >= 0.3 is 5.97 Å². The third-order valence-electron chi connectivity index (χ3n) is 4.17. The number of fused-ring (bicyclic) bond motifs is 1. The van der Waals surface area contributed by atoms with Crippen LogP contribution in [0.3, 0.4) is 0 Å². The van der Waals surface area contributed by atoms with E-state index in [2.05, 4.69) is 11.6 Å². The van der Waals surface area contributed by atoms with E-state index >= 15 is 0 Å². The Morgan fingerprint density at radius 2 is 1.78 bits per heavy atom. The van der Waals surface area contributed by atoms with E-state index in [1.54, 1.807) is 12.2 Å². The first-order valence-corrected chi connectivity index (χ1v) is 8.58. The highest BCUT2D eigenvalue weighted by molar-refractivity contribution is 6.13. The third kappa shape index (κ3) is 3.65. The van der Waals surface area contributed by atoms with Gasteiger partial charge in [0.25, 0.3) is 0 Å². The summed E-state index contributed by atoms with van der Waals surface area (Å²) < 4.78 is 10.8. The lowest BCUT2D eigenvalue weighted by Crippen LogP contribution is -2.05. The molecule has 0 bridgehead atoms. The topological polar surface area (TPSA) is 47.9 Å². The van der Waals surface area contributed by atoms with Crippen LogP contribution in [0.25, 0.3) is 16.8 Å². The largest absolute Gasteiger partial charge is 0.490 e. The second-order valence-electron chi connectivity index (χ2n) is 6.07. The van der Waals surface area contributed by atoms with Gasteiger partial charge in [0.2, 0.25) is 5.90 Å². The van der Waals surface area contributed by atoms with E-state index in [-0.39, 0.29) is 5.70 Å². The van der Waals surface area contributed by atoms with Crippen molar-refractivity contribution in [3.8, 4) is 5.75 Å². The Kier molecular flexibility index (Phi) is 4.54. The van der Waals surface area contributed by atoms with Crippen molar-refractivity contribution in [3.63, 3.8) is 0 Å². The summed E-state index contributed by atoms with van der Waals surface area (Å²) >= 11 is 0. The number of esters is 1. The van der Waals surface area contributed by atoms with Crippen molar-refractivity contribution >= 4 is 28.7 Å². The molecule has 1 heterocycles. The zero-order chi connectivity index (χ0) is 18.6. The highest BCUT2D eigenvalue weighted by atomic mass is 16.6. The molecule has 0 saturated heterocycles.